The van der Waals surface area contributed by atoms with E-state index in [1.165, 1.54) is 42.8 Å². The molecule has 3 rings (SSSR count). The maximum Gasteiger partial charge on any atom is 0.0318 e. The number of fused-ring (bicyclic) bond motifs is 1. The lowest BCUT2D eigenvalue weighted by Crippen LogP contribution is -2.31. The first-order valence-electron chi connectivity index (χ1n) is 7.82. The summed E-state index contributed by atoms with van der Waals surface area (Å²) in [5, 5.41) is 0. The van der Waals surface area contributed by atoms with Crippen molar-refractivity contribution in [3.8, 4) is 0 Å². The summed E-state index contributed by atoms with van der Waals surface area (Å²) in [6.45, 7) is 10.6. The fraction of sp³-hybridized carbons (Fsp3) is 0.765. The van der Waals surface area contributed by atoms with E-state index in [9.17, 15) is 0 Å². The van der Waals surface area contributed by atoms with Gasteiger partial charge in [-0.05, 0) is 61.5 Å². The van der Waals surface area contributed by atoms with Gasteiger partial charge in [-0.1, -0.05) is 20.8 Å². The molecule has 1 fully saturated rings. The first-order chi connectivity index (χ1) is 8.87. The van der Waals surface area contributed by atoms with Crippen LogP contribution < -0.4 is 5.73 Å². The van der Waals surface area contributed by atoms with Crippen molar-refractivity contribution in [1.29, 1.82) is 0 Å². The second-order valence-corrected chi connectivity index (χ2v) is 7.76. The number of hydrogen-bond acceptors (Lipinski definition) is 1. The monoisotopic (exact) mass is 260 g/mol. The summed E-state index contributed by atoms with van der Waals surface area (Å²) in [6.07, 6.45) is 5.17. The molecule has 0 aromatic carbocycles. The highest BCUT2D eigenvalue weighted by Gasteiger charge is 2.34. The Balaban J connectivity index is 1.92. The van der Waals surface area contributed by atoms with Crippen molar-refractivity contribution >= 4 is 0 Å². The van der Waals surface area contributed by atoms with E-state index in [1.54, 1.807) is 0 Å². The summed E-state index contributed by atoms with van der Waals surface area (Å²) in [4.78, 5) is 0. The molecule has 2 atom stereocenters. The third-order valence-electron chi connectivity index (χ3n) is 5.16. The molecule has 0 radical (unpaired) electrons. The molecular formula is C17H28N2. The summed E-state index contributed by atoms with van der Waals surface area (Å²) in [5.74, 6) is 1.79. The molecule has 2 unspecified atom stereocenters. The average molecular weight is 260 g/mol. The summed E-state index contributed by atoms with van der Waals surface area (Å²) < 4.78 is 2.57. The number of aromatic nitrogens is 1. The van der Waals surface area contributed by atoms with E-state index >= 15 is 0 Å². The molecule has 19 heavy (non-hydrogen) atoms. The maximum absolute atomic E-state index is 6.39. The minimum absolute atomic E-state index is 0.231. The molecule has 2 N–H and O–H groups in total. The van der Waals surface area contributed by atoms with Crippen molar-refractivity contribution in [3.05, 3.63) is 23.0 Å². The van der Waals surface area contributed by atoms with Gasteiger partial charge in [0.2, 0.25) is 0 Å². The molecule has 2 aliphatic rings. The normalized spacial score (nSPS) is 27.1. The Labute approximate surface area is 117 Å². The Bertz CT molecular complexity index is 480. The van der Waals surface area contributed by atoms with Gasteiger partial charge >= 0.3 is 0 Å². The molecule has 0 saturated heterocycles. The summed E-state index contributed by atoms with van der Waals surface area (Å²) in [6, 6.07) is 2.57. The number of nitrogens with two attached hydrogens (primary N) is 1. The van der Waals surface area contributed by atoms with Crippen molar-refractivity contribution in [2.24, 2.45) is 23.0 Å². The fourth-order valence-electron chi connectivity index (χ4n) is 3.86. The molecule has 1 heterocycles. The van der Waals surface area contributed by atoms with Gasteiger partial charge in [0.15, 0.2) is 0 Å². The van der Waals surface area contributed by atoms with E-state index in [4.69, 9.17) is 5.73 Å². The highest BCUT2D eigenvalue weighted by molar-refractivity contribution is 5.34. The van der Waals surface area contributed by atoms with Gasteiger partial charge in [-0.25, -0.2) is 0 Å². The van der Waals surface area contributed by atoms with E-state index in [-0.39, 0.29) is 6.04 Å². The average Bonchev–Trinajstić information content (AvgIpc) is 3.08. The van der Waals surface area contributed by atoms with E-state index in [0.29, 0.717) is 5.41 Å². The van der Waals surface area contributed by atoms with Crippen LogP contribution in [-0.2, 0) is 13.0 Å². The molecule has 0 spiro atoms. The second-order valence-electron chi connectivity index (χ2n) is 7.76. The molecule has 1 aromatic heterocycles. The standard InChI is InChI=1S/C17H28N2/c1-11(13-5-6-13)10-19-12(2)7-14-15(18)8-17(3,4)9-16(14)19/h7,11,13,15H,5-6,8-10,18H2,1-4H3. The van der Waals surface area contributed by atoms with Crippen LogP contribution in [0.25, 0.3) is 0 Å². The molecular weight excluding hydrogens is 232 g/mol. The van der Waals surface area contributed by atoms with Crippen LogP contribution in [0.15, 0.2) is 6.07 Å². The van der Waals surface area contributed by atoms with Crippen LogP contribution in [0.3, 0.4) is 0 Å². The zero-order chi connectivity index (χ0) is 13.8. The third-order valence-corrected chi connectivity index (χ3v) is 5.16. The van der Waals surface area contributed by atoms with E-state index in [0.717, 1.165) is 18.3 Å². The number of nitrogens with zero attached hydrogens (tertiary/aromatic N) is 1. The number of hydrogen-bond donors (Lipinski definition) is 1. The van der Waals surface area contributed by atoms with Gasteiger partial charge in [0.1, 0.15) is 0 Å². The van der Waals surface area contributed by atoms with Gasteiger partial charge in [0, 0.05) is 24.0 Å². The van der Waals surface area contributed by atoms with Gasteiger partial charge in [-0.2, -0.15) is 0 Å². The Morgan fingerprint density at radius 2 is 2.11 bits per heavy atom. The van der Waals surface area contributed by atoms with Gasteiger partial charge in [0.05, 0.1) is 0 Å². The van der Waals surface area contributed by atoms with Crippen LogP contribution in [0, 0.1) is 24.2 Å². The minimum atomic E-state index is 0.231. The van der Waals surface area contributed by atoms with Crippen LogP contribution in [0.5, 0.6) is 0 Å². The Morgan fingerprint density at radius 3 is 2.74 bits per heavy atom. The lowest BCUT2D eigenvalue weighted by Gasteiger charge is -2.35. The molecule has 1 saturated carbocycles. The maximum atomic E-state index is 6.39. The largest absolute Gasteiger partial charge is 0.348 e. The molecule has 0 aliphatic heterocycles. The van der Waals surface area contributed by atoms with Gasteiger partial charge in [-0.15, -0.1) is 0 Å². The minimum Gasteiger partial charge on any atom is -0.348 e. The first kappa shape index (κ1) is 13.2. The highest BCUT2D eigenvalue weighted by atomic mass is 15.0. The van der Waals surface area contributed by atoms with Crippen LogP contribution >= 0.6 is 0 Å². The topological polar surface area (TPSA) is 30.9 Å². The molecule has 0 amide bonds. The van der Waals surface area contributed by atoms with Gasteiger partial charge < -0.3 is 10.3 Å². The third kappa shape index (κ3) is 2.47. The van der Waals surface area contributed by atoms with Crippen molar-refractivity contribution in [2.45, 2.75) is 66.0 Å². The zero-order valence-corrected chi connectivity index (χ0v) is 12.9. The zero-order valence-electron chi connectivity index (χ0n) is 12.9. The van der Waals surface area contributed by atoms with E-state index in [1.807, 2.05) is 0 Å². The Kier molecular flexibility index (Phi) is 3.05. The molecule has 0 bridgehead atoms. The quantitative estimate of drug-likeness (QED) is 0.880. The summed E-state index contributed by atoms with van der Waals surface area (Å²) in [7, 11) is 0. The molecule has 106 valence electrons. The SMILES string of the molecule is Cc1cc2c(n1CC(C)C1CC1)CC(C)(C)CC2N. The lowest BCUT2D eigenvalue weighted by molar-refractivity contribution is 0.271. The lowest BCUT2D eigenvalue weighted by atomic mass is 9.74. The van der Waals surface area contributed by atoms with Gasteiger partial charge in [-0.3, -0.25) is 0 Å². The molecule has 2 heteroatoms. The summed E-state index contributed by atoms with van der Waals surface area (Å²) in [5.41, 5.74) is 11.1. The molecule has 2 aliphatic carbocycles. The predicted molar refractivity (Wildman–Crippen MR) is 80.1 cm³/mol. The van der Waals surface area contributed by atoms with Crippen molar-refractivity contribution in [2.75, 3.05) is 0 Å². The van der Waals surface area contributed by atoms with Crippen molar-refractivity contribution < 1.29 is 0 Å². The second kappa shape index (κ2) is 4.37. The Morgan fingerprint density at radius 1 is 1.42 bits per heavy atom. The Hall–Kier alpha value is -0.760. The van der Waals surface area contributed by atoms with Gasteiger partial charge in [0.25, 0.3) is 0 Å². The smallest absolute Gasteiger partial charge is 0.0318 e. The number of rotatable bonds is 3. The van der Waals surface area contributed by atoms with E-state index in [2.05, 4.69) is 38.3 Å². The number of aryl methyl sites for hydroxylation is 1. The molecule has 1 aromatic rings. The highest BCUT2D eigenvalue weighted by Crippen LogP contribution is 2.42. The molecule has 2 nitrogen and oxygen atoms in total. The van der Waals surface area contributed by atoms with Crippen LogP contribution in [0.1, 0.15) is 63.0 Å². The fourth-order valence-corrected chi connectivity index (χ4v) is 3.86. The van der Waals surface area contributed by atoms with Crippen LogP contribution in [-0.4, -0.2) is 4.57 Å². The summed E-state index contributed by atoms with van der Waals surface area (Å²) >= 11 is 0. The van der Waals surface area contributed by atoms with Crippen LogP contribution in [0.2, 0.25) is 0 Å². The first-order valence-corrected chi connectivity index (χ1v) is 7.82. The van der Waals surface area contributed by atoms with Crippen molar-refractivity contribution in [3.63, 3.8) is 0 Å². The van der Waals surface area contributed by atoms with Crippen LogP contribution in [0.4, 0.5) is 0 Å². The van der Waals surface area contributed by atoms with E-state index < -0.39 is 0 Å². The van der Waals surface area contributed by atoms with Crippen molar-refractivity contribution in [1.82, 2.24) is 4.57 Å². The predicted octanol–water partition coefficient (Wildman–Crippen LogP) is 3.81.